The van der Waals surface area contributed by atoms with Crippen molar-refractivity contribution in [1.82, 2.24) is 9.78 Å². The maximum Gasteiger partial charge on any atom is 0.0636 e. The molecule has 0 fully saturated rings. The van der Waals surface area contributed by atoms with Gasteiger partial charge in [0.25, 0.3) is 0 Å². The molecule has 0 bridgehead atoms. The molecule has 0 saturated heterocycles. The Morgan fingerprint density at radius 3 is 2.74 bits per heavy atom. The molecule has 0 radical (unpaired) electrons. The number of nitrogens with zero attached hydrogens (tertiary/aromatic N) is 2. The predicted octanol–water partition coefficient (Wildman–Crippen LogP) is 3.12. The zero-order valence-electron chi connectivity index (χ0n) is 11.3. The third-order valence-electron chi connectivity index (χ3n) is 3.14. The molecule has 1 N–H and O–H groups in total. The van der Waals surface area contributed by atoms with Gasteiger partial charge >= 0.3 is 0 Å². The monoisotopic (exact) mass is 322 g/mol. The van der Waals surface area contributed by atoms with Crippen LogP contribution in [0.3, 0.4) is 0 Å². The van der Waals surface area contributed by atoms with E-state index in [1.54, 1.807) is 0 Å². The van der Waals surface area contributed by atoms with Gasteiger partial charge < -0.3 is 5.11 Å². The van der Waals surface area contributed by atoms with Gasteiger partial charge in [-0.15, -0.1) is 0 Å². The minimum Gasteiger partial charge on any atom is -0.392 e. The fourth-order valence-electron chi connectivity index (χ4n) is 2.27. The number of benzene rings is 1. The van der Waals surface area contributed by atoms with E-state index in [1.165, 1.54) is 0 Å². The molecule has 1 unspecified atom stereocenters. The summed E-state index contributed by atoms with van der Waals surface area (Å²) >= 11 is 3.51. The van der Waals surface area contributed by atoms with Crippen LogP contribution in [0.25, 0.3) is 0 Å². The van der Waals surface area contributed by atoms with E-state index in [2.05, 4.69) is 28.0 Å². The zero-order chi connectivity index (χ0) is 13.8. The van der Waals surface area contributed by atoms with E-state index in [1.807, 2.05) is 41.9 Å². The zero-order valence-corrected chi connectivity index (χ0v) is 12.9. The molecule has 0 aliphatic heterocycles. The highest BCUT2D eigenvalue weighted by atomic mass is 79.9. The number of aryl methyl sites for hydroxylation is 2. The Morgan fingerprint density at radius 2 is 2.05 bits per heavy atom. The highest BCUT2D eigenvalue weighted by molar-refractivity contribution is 9.10. The summed E-state index contributed by atoms with van der Waals surface area (Å²) in [6, 6.07) is 10.1. The van der Waals surface area contributed by atoms with E-state index < -0.39 is 0 Å². The number of hydrogen-bond donors (Lipinski definition) is 1. The Hall–Kier alpha value is -1.13. The van der Waals surface area contributed by atoms with Gasteiger partial charge in [-0.3, -0.25) is 4.68 Å². The van der Waals surface area contributed by atoms with E-state index in [4.69, 9.17) is 0 Å². The first-order chi connectivity index (χ1) is 9.10. The van der Waals surface area contributed by atoms with Gasteiger partial charge in [-0.25, -0.2) is 0 Å². The second-order valence-electron chi connectivity index (χ2n) is 4.75. The molecule has 0 aliphatic carbocycles. The smallest absolute Gasteiger partial charge is 0.0636 e. The maximum absolute atomic E-state index is 10.2. The van der Waals surface area contributed by atoms with Crippen molar-refractivity contribution in [3.8, 4) is 0 Å². The van der Waals surface area contributed by atoms with Crippen LogP contribution >= 0.6 is 15.9 Å². The molecule has 19 heavy (non-hydrogen) atoms. The number of halogens is 1. The fraction of sp³-hybridized carbons (Fsp3) is 0.400. The van der Waals surface area contributed by atoms with Crippen molar-refractivity contribution in [3.63, 3.8) is 0 Å². The number of rotatable bonds is 5. The topological polar surface area (TPSA) is 38.0 Å². The maximum atomic E-state index is 10.2. The van der Waals surface area contributed by atoms with Crippen molar-refractivity contribution in [2.75, 3.05) is 0 Å². The Kier molecular flexibility index (Phi) is 4.77. The Morgan fingerprint density at radius 1 is 1.32 bits per heavy atom. The summed E-state index contributed by atoms with van der Waals surface area (Å²) in [5.74, 6) is 0. The first-order valence-electron chi connectivity index (χ1n) is 6.55. The molecule has 1 aromatic carbocycles. The molecule has 0 saturated carbocycles. The molecule has 2 rings (SSSR count). The van der Waals surface area contributed by atoms with Gasteiger partial charge in [-0.1, -0.05) is 34.1 Å². The third-order valence-corrected chi connectivity index (χ3v) is 3.92. The molecule has 3 nitrogen and oxygen atoms in total. The van der Waals surface area contributed by atoms with Gasteiger partial charge in [0.15, 0.2) is 0 Å². The summed E-state index contributed by atoms with van der Waals surface area (Å²) in [6.45, 7) is 4.89. The molecule has 0 amide bonds. The van der Waals surface area contributed by atoms with Crippen LogP contribution in [-0.2, 0) is 19.4 Å². The lowest BCUT2D eigenvalue weighted by molar-refractivity contribution is 0.172. The average Bonchev–Trinajstić information content (AvgIpc) is 2.72. The number of hydrogen-bond acceptors (Lipinski definition) is 2. The normalized spacial score (nSPS) is 12.6. The standard InChI is InChI=1S/C15H19BrN2O/c1-3-18-13(8-11(2)17-18)10-14(19)9-12-6-4-5-7-15(12)16/h4-8,14,19H,3,9-10H2,1-2H3. The molecule has 2 aromatic rings. The number of aliphatic hydroxyl groups is 1. The van der Waals surface area contributed by atoms with Crippen molar-refractivity contribution in [1.29, 1.82) is 0 Å². The Labute approximate surface area is 122 Å². The second-order valence-corrected chi connectivity index (χ2v) is 5.60. The summed E-state index contributed by atoms with van der Waals surface area (Å²) < 4.78 is 3.01. The van der Waals surface area contributed by atoms with Crippen molar-refractivity contribution in [2.45, 2.75) is 39.3 Å². The van der Waals surface area contributed by atoms with Crippen LogP contribution < -0.4 is 0 Å². The quantitative estimate of drug-likeness (QED) is 0.918. The van der Waals surface area contributed by atoms with Crippen molar-refractivity contribution < 1.29 is 5.11 Å². The van der Waals surface area contributed by atoms with Crippen LogP contribution in [0.2, 0.25) is 0 Å². The molecule has 1 atom stereocenters. The van der Waals surface area contributed by atoms with E-state index >= 15 is 0 Å². The lowest BCUT2D eigenvalue weighted by Gasteiger charge is -2.12. The molecular formula is C15H19BrN2O. The Balaban J connectivity index is 2.05. The first-order valence-corrected chi connectivity index (χ1v) is 7.34. The molecule has 4 heteroatoms. The average molecular weight is 323 g/mol. The van der Waals surface area contributed by atoms with Gasteiger partial charge in [0, 0.05) is 23.1 Å². The number of aromatic nitrogens is 2. The van der Waals surface area contributed by atoms with E-state index in [-0.39, 0.29) is 6.10 Å². The van der Waals surface area contributed by atoms with E-state index in [0.717, 1.165) is 28.0 Å². The molecule has 1 heterocycles. The van der Waals surface area contributed by atoms with Crippen LogP contribution in [-0.4, -0.2) is 21.0 Å². The SMILES string of the molecule is CCn1nc(C)cc1CC(O)Cc1ccccc1Br. The van der Waals surface area contributed by atoms with Crippen LogP contribution in [0.4, 0.5) is 0 Å². The van der Waals surface area contributed by atoms with Crippen LogP contribution in [0.5, 0.6) is 0 Å². The molecule has 0 aliphatic rings. The lowest BCUT2D eigenvalue weighted by Crippen LogP contribution is -2.17. The molecule has 102 valence electrons. The second kappa shape index (κ2) is 6.35. The predicted molar refractivity (Wildman–Crippen MR) is 80.2 cm³/mol. The lowest BCUT2D eigenvalue weighted by atomic mass is 10.0. The van der Waals surface area contributed by atoms with Gasteiger partial charge in [0.1, 0.15) is 0 Å². The van der Waals surface area contributed by atoms with Gasteiger partial charge in [-0.05, 0) is 38.0 Å². The summed E-state index contributed by atoms with van der Waals surface area (Å²) in [7, 11) is 0. The van der Waals surface area contributed by atoms with Gasteiger partial charge in [0.2, 0.25) is 0 Å². The highest BCUT2D eigenvalue weighted by Gasteiger charge is 2.12. The van der Waals surface area contributed by atoms with Crippen LogP contribution in [0, 0.1) is 6.92 Å². The molecule has 1 aromatic heterocycles. The highest BCUT2D eigenvalue weighted by Crippen LogP contribution is 2.19. The first kappa shape index (κ1) is 14.3. The van der Waals surface area contributed by atoms with Crippen molar-refractivity contribution >= 4 is 15.9 Å². The Bertz CT molecular complexity index is 551. The van der Waals surface area contributed by atoms with E-state index in [9.17, 15) is 5.11 Å². The summed E-state index contributed by atoms with van der Waals surface area (Å²) in [6.07, 6.45) is 0.894. The summed E-state index contributed by atoms with van der Waals surface area (Å²) in [5.41, 5.74) is 3.23. The summed E-state index contributed by atoms with van der Waals surface area (Å²) in [5, 5.41) is 14.7. The number of aliphatic hydroxyl groups excluding tert-OH is 1. The molecule has 0 spiro atoms. The third kappa shape index (κ3) is 3.67. The minimum absolute atomic E-state index is 0.389. The molecular weight excluding hydrogens is 304 g/mol. The van der Waals surface area contributed by atoms with Crippen LogP contribution in [0.15, 0.2) is 34.8 Å². The van der Waals surface area contributed by atoms with Crippen molar-refractivity contribution in [2.24, 2.45) is 0 Å². The van der Waals surface area contributed by atoms with Crippen molar-refractivity contribution in [3.05, 3.63) is 51.8 Å². The fourth-order valence-corrected chi connectivity index (χ4v) is 2.72. The van der Waals surface area contributed by atoms with Gasteiger partial charge in [0.05, 0.1) is 11.8 Å². The van der Waals surface area contributed by atoms with E-state index in [0.29, 0.717) is 12.8 Å². The summed E-state index contributed by atoms with van der Waals surface area (Å²) in [4.78, 5) is 0. The van der Waals surface area contributed by atoms with Crippen LogP contribution in [0.1, 0.15) is 23.9 Å². The minimum atomic E-state index is -0.389. The van der Waals surface area contributed by atoms with Gasteiger partial charge in [-0.2, -0.15) is 5.10 Å². The largest absolute Gasteiger partial charge is 0.392 e.